The standard InChI is InChI=1S/C20H25N5O3/c1-14(2)15-3-5-16(6-4-15)25-19(27)17(23-20(25)28)7-8-18(26)22-10-12-24-11-9-21-13-24/h3-6,9,11,13-14,17H,7-8,10,12H2,1-2H3,(H,22,26)(H,23,28)/t17-/m1/s1. The minimum Gasteiger partial charge on any atom is -0.354 e. The first-order chi connectivity index (χ1) is 13.5. The molecule has 3 rings (SSSR count). The maximum atomic E-state index is 12.6. The van der Waals surface area contributed by atoms with Crippen LogP contribution >= 0.6 is 0 Å². The Balaban J connectivity index is 1.49. The van der Waals surface area contributed by atoms with Crippen LogP contribution < -0.4 is 15.5 Å². The fraction of sp³-hybridized carbons (Fsp3) is 0.400. The van der Waals surface area contributed by atoms with E-state index in [1.807, 2.05) is 22.9 Å². The molecular weight excluding hydrogens is 358 g/mol. The average Bonchev–Trinajstić information content (AvgIpc) is 3.28. The minimum absolute atomic E-state index is 0.151. The summed E-state index contributed by atoms with van der Waals surface area (Å²) in [6.45, 7) is 5.28. The van der Waals surface area contributed by atoms with E-state index in [4.69, 9.17) is 0 Å². The van der Waals surface area contributed by atoms with Crippen molar-refractivity contribution in [2.45, 2.75) is 45.2 Å². The number of amides is 4. The Labute approximate surface area is 163 Å². The van der Waals surface area contributed by atoms with Crippen LogP contribution in [0.15, 0.2) is 43.0 Å². The lowest BCUT2D eigenvalue weighted by atomic mass is 10.0. The second kappa shape index (κ2) is 8.69. The van der Waals surface area contributed by atoms with Crippen LogP contribution in [0, 0.1) is 0 Å². The Hall–Kier alpha value is -3.16. The van der Waals surface area contributed by atoms with Crippen LogP contribution in [0.5, 0.6) is 0 Å². The Morgan fingerprint density at radius 3 is 2.64 bits per heavy atom. The number of hydrogen-bond donors (Lipinski definition) is 2. The first-order valence-electron chi connectivity index (χ1n) is 9.42. The van der Waals surface area contributed by atoms with Crippen LogP contribution in [0.3, 0.4) is 0 Å². The molecule has 2 aromatic rings. The summed E-state index contributed by atoms with van der Waals surface area (Å²) >= 11 is 0. The van der Waals surface area contributed by atoms with Crippen molar-refractivity contribution in [3.63, 3.8) is 0 Å². The van der Waals surface area contributed by atoms with Crippen molar-refractivity contribution in [2.24, 2.45) is 0 Å². The average molecular weight is 383 g/mol. The van der Waals surface area contributed by atoms with Crippen molar-refractivity contribution < 1.29 is 14.4 Å². The molecular formula is C20H25N5O3. The molecule has 1 aliphatic rings. The van der Waals surface area contributed by atoms with E-state index in [1.54, 1.807) is 24.7 Å². The van der Waals surface area contributed by atoms with E-state index in [0.717, 1.165) is 10.5 Å². The zero-order valence-electron chi connectivity index (χ0n) is 16.1. The molecule has 4 amide bonds. The van der Waals surface area contributed by atoms with Gasteiger partial charge in [0, 0.05) is 31.9 Å². The molecule has 0 spiro atoms. The zero-order valence-corrected chi connectivity index (χ0v) is 16.1. The summed E-state index contributed by atoms with van der Waals surface area (Å²) < 4.78 is 1.86. The Morgan fingerprint density at radius 2 is 2.00 bits per heavy atom. The van der Waals surface area contributed by atoms with E-state index in [-0.39, 0.29) is 24.7 Å². The molecule has 0 aliphatic carbocycles. The number of hydrogen-bond acceptors (Lipinski definition) is 4. The van der Waals surface area contributed by atoms with E-state index >= 15 is 0 Å². The third-order valence-corrected chi connectivity index (χ3v) is 4.75. The number of urea groups is 1. The van der Waals surface area contributed by atoms with Crippen LogP contribution in [-0.2, 0) is 16.1 Å². The highest BCUT2D eigenvalue weighted by molar-refractivity contribution is 6.21. The van der Waals surface area contributed by atoms with Crippen molar-refractivity contribution in [1.82, 2.24) is 20.2 Å². The normalized spacial score (nSPS) is 16.5. The van der Waals surface area contributed by atoms with Crippen molar-refractivity contribution in [3.8, 4) is 0 Å². The van der Waals surface area contributed by atoms with Crippen molar-refractivity contribution in [3.05, 3.63) is 48.5 Å². The predicted molar refractivity (Wildman–Crippen MR) is 105 cm³/mol. The molecule has 1 atom stereocenters. The summed E-state index contributed by atoms with van der Waals surface area (Å²) in [4.78, 5) is 41.9. The highest BCUT2D eigenvalue weighted by atomic mass is 16.2. The van der Waals surface area contributed by atoms with Crippen LogP contribution in [0.2, 0.25) is 0 Å². The maximum absolute atomic E-state index is 12.6. The lowest BCUT2D eigenvalue weighted by Gasteiger charge is -2.14. The number of benzene rings is 1. The summed E-state index contributed by atoms with van der Waals surface area (Å²) in [6.07, 6.45) is 5.61. The highest BCUT2D eigenvalue weighted by Crippen LogP contribution is 2.24. The summed E-state index contributed by atoms with van der Waals surface area (Å²) in [5, 5.41) is 5.47. The number of carbonyl (C=O) groups excluding carboxylic acids is 3. The number of anilines is 1. The maximum Gasteiger partial charge on any atom is 0.329 e. The van der Waals surface area contributed by atoms with Crippen LogP contribution in [0.4, 0.5) is 10.5 Å². The van der Waals surface area contributed by atoms with Gasteiger partial charge in [-0.1, -0.05) is 26.0 Å². The summed E-state index contributed by atoms with van der Waals surface area (Å²) in [6, 6.07) is 6.25. The molecule has 0 unspecified atom stereocenters. The van der Waals surface area contributed by atoms with E-state index < -0.39 is 12.1 Å². The highest BCUT2D eigenvalue weighted by Gasteiger charge is 2.38. The van der Waals surface area contributed by atoms with Gasteiger partial charge in [0.25, 0.3) is 5.91 Å². The number of nitrogens with zero attached hydrogens (tertiary/aromatic N) is 3. The van der Waals surface area contributed by atoms with Crippen molar-refractivity contribution >= 4 is 23.5 Å². The second-order valence-corrected chi connectivity index (χ2v) is 7.11. The quantitative estimate of drug-likeness (QED) is 0.682. The molecule has 0 bridgehead atoms. The van der Waals surface area contributed by atoms with Gasteiger partial charge in [0.15, 0.2) is 0 Å². The van der Waals surface area contributed by atoms with Gasteiger partial charge in [0.05, 0.1) is 12.0 Å². The monoisotopic (exact) mass is 383 g/mol. The lowest BCUT2D eigenvalue weighted by molar-refractivity contribution is -0.121. The van der Waals surface area contributed by atoms with Gasteiger partial charge in [-0.3, -0.25) is 9.59 Å². The van der Waals surface area contributed by atoms with Crippen LogP contribution in [-0.4, -0.2) is 40.0 Å². The van der Waals surface area contributed by atoms with Crippen molar-refractivity contribution in [1.29, 1.82) is 0 Å². The van der Waals surface area contributed by atoms with Crippen molar-refractivity contribution in [2.75, 3.05) is 11.4 Å². The van der Waals surface area contributed by atoms with Gasteiger partial charge in [-0.2, -0.15) is 0 Å². The second-order valence-electron chi connectivity index (χ2n) is 7.11. The number of imide groups is 1. The largest absolute Gasteiger partial charge is 0.354 e. The predicted octanol–water partition coefficient (Wildman–Crippen LogP) is 2.03. The van der Waals surface area contributed by atoms with Gasteiger partial charge in [0.1, 0.15) is 6.04 Å². The van der Waals surface area contributed by atoms with Gasteiger partial charge in [-0.25, -0.2) is 14.7 Å². The zero-order chi connectivity index (χ0) is 20.1. The van der Waals surface area contributed by atoms with E-state index in [1.165, 1.54) is 0 Å². The summed E-state index contributed by atoms with van der Waals surface area (Å²) in [7, 11) is 0. The number of imidazole rings is 1. The first-order valence-corrected chi connectivity index (χ1v) is 9.42. The smallest absolute Gasteiger partial charge is 0.329 e. The minimum atomic E-state index is -0.684. The molecule has 0 radical (unpaired) electrons. The van der Waals surface area contributed by atoms with Gasteiger partial charge in [-0.15, -0.1) is 0 Å². The molecule has 2 N–H and O–H groups in total. The molecule has 1 saturated heterocycles. The Bertz CT molecular complexity index is 830. The number of carbonyl (C=O) groups is 3. The molecule has 0 saturated carbocycles. The fourth-order valence-electron chi connectivity index (χ4n) is 3.09. The summed E-state index contributed by atoms with van der Waals surface area (Å²) in [5.74, 6) is -0.104. The van der Waals surface area contributed by atoms with Gasteiger partial charge >= 0.3 is 6.03 Å². The third-order valence-electron chi connectivity index (χ3n) is 4.75. The topological polar surface area (TPSA) is 96.3 Å². The van der Waals surface area contributed by atoms with Gasteiger partial charge < -0.3 is 15.2 Å². The number of nitrogens with one attached hydrogen (secondary N) is 2. The van der Waals surface area contributed by atoms with Gasteiger partial charge in [0.2, 0.25) is 5.91 Å². The lowest BCUT2D eigenvalue weighted by Crippen LogP contribution is -2.33. The molecule has 2 heterocycles. The molecule has 1 aromatic carbocycles. The Morgan fingerprint density at radius 1 is 1.25 bits per heavy atom. The van der Waals surface area contributed by atoms with Gasteiger partial charge in [-0.05, 0) is 30.0 Å². The molecule has 1 aromatic heterocycles. The molecule has 1 fully saturated rings. The Kier molecular flexibility index (Phi) is 6.08. The third kappa shape index (κ3) is 4.57. The molecule has 8 nitrogen and oxygen atoms in total. The molecule has 8 heteroatoms. The molecule has 1 aliphatic heterocycles. The van der Waals surface area contributed by atoms with Crippen LogP contribution in [0.1, 0.15) is 38.2 Å². The molecule has 148 valence electrons. The van der Waals surface area contributed by atoms with E-state index in [2.05, 4.69) is 29.5 Å². The number of rotatable bonds is 8. The van der Waals surface area contributed by atoms with E-state index in [0.29, 0.717) is 24.7 Å². The SMILES string of the molecule is CC(C)c1ccc(N2C(=O)N[C@H](CCC(=O)NCCn3ccnc3)C2=O)cc1. The van der Waals surface area contributed by atoms with Crippen LogP contribution in [0.25, 0.3) is 0 Å². The van der Waals surface area contributed by atoms with E-state index in [9.17, 15) is 14.4 Å². The summed E-state index contributed by atoms with van der Waals surface area (Å²) in [5.41, 5.74) is 1.68. The number of aromatic nitrogens is 2. The first kappa shape index (κ1) is 19.6. The fourth-order valence-corrected chi connectivity index (χ4v) is 3.09. The molecule has 28 heavy (non-hydrogen) atoms.